The first-order valence-corrected chi connectivity index (χ1v) is 8.75. The first kappa shape index (κ1) is 23.9. The van der Waals surface area contributed by atoms with E-state index in [1.165, 1.54) is 33.8 Å². The van der Waals surface area contributed by atoms with Crippen LogP contribution in [0, 0.1) is 0 Å². The van der Waals surface area contributed by atoms with E-state index < -0.39 is 54.1 Å². The minimum absolute atomic E-state index is 0.0795. The molecule has 1 aliphatic rings. The van der Waals surface area contributed by atoms with Crippen molar-refractivity contribution in [1.82, 2.24) is 5.32 Å². The molecule has 0 unspecified atom stereocenters. The highest BCUT2D eigenvalue weighted by Crippen LogP contribution is 2.26. The summed E-state index contributed by atoms with van der Waals surface area (Å²) in [6.45, 7) is 4.52. The molecule has 11 nitrogen and oxygen atoms in total. The summed E-state index contributed by atoms with van der Waals surface area (Å²) in [5.41, 5.74) is 0. The third kappa shape index (κ3) is 8.20. The van der Waals surface area contributed by atoms with Crippen molar-refractivity contribution in [2.24, 2.45) is 0 Å². The van der Waals surface area contributed by atoms with Crippen LogP contribution in [0.5, 0.6) is 0 Å². The lowest BCUT2D eigenvalue weighted by Gasteiger charge is -2.37. The van der Waals surface area contributed by atoms with Crippen molar-refractivity contribution >= 4 is 29.8 Å². The highest BCUT2D eigenvalue weighted by atomic mass is 16.6. The van der Waals surface area contributed by atoms with Gasteiger partial charge in [-0.25, -0.2) is 4.79 Å². The van der Waals surface area contributed by atoms with Crippen molar-refractivity contribution in [2.45, 2.75) is 58.5 Å². The lowest BCUT2D eigenvalue weighted by molar-refractivity contribution is -0.162. The number of amides is 1. The van der Waals surface area contributed by atoms with Crippen LogP contribution in [0.2, 0.25) is 0 Å². The van der Waals surface area contributed by atoms with E-state index in [4.69, 9.17) is 18.9 Å². The van der Waals surface area contributed by atoms with Gasteiger partial charge in [0.2, 0.25) is 11.7 Å². The van der Waals surface area contributed by atoms with Gasteiger partial charge in [-0.15, -0.1) is 0 Å². The second-order valence-corrected chi connectivity index (χ2v) is 6.25. The lowest BCUT2D eigenvalue weighted by Crippen LogP contribution is -2.55. The molecule has 1 aliphatic heterocycles. The molecule has 0 bridgehead atoms. The monoisotopic (exact) mass is 415 g/mol. The Balaban J connectivity index is 3.20. The summed E-state index contributed by atoms with van der Waals surface area (Å²) in [5.74, 6) is -3.37. The van der Waals surface area contributed by atoms with Crippen LogP contribution >= 0.6 is 0 Å². The summed E-state index contributed by atoms with van der Waals surface area (Å²) >= 11 is 0. The summed E-state index contributed by atoms with van der Waals surface area (Å²) in [5, 5.41) is 2.60. The maximum absolute atomic E-state index is 12.0. The minimum Gasteiger partial charge on any atom is -0.481 e. The average Bonchev–Trinajstić information content (AvgIpc) is 2.60. The summed E-state index contributed by atoms with van der Waals surface area (Å²) in [4.78, 5) is 57.6. The quantitative estimate of drug-likeness (QED) is 0.417. The number of hydrogen-bond donors (Lipinski definition) is 1. The Hall–Kier alpha value is -3.11. The fourth-order valence-electron chi connectivity index (χ4n) is 2.71. The van der Waals surface area contributed by atoms with Crippen molar-refractivity contribution in [1.29, 1.82) is 0 Å². The Morgan fingerprint density at radius 1 is 1.07 bits per heavy atom. The summed E-state index contributed by atoms with van der Waals surface area (Å²) in [6.07, 6.45) is -1.81. The van der Waals surface area contributed by atoms with Crippen LogP contribution in [0.25, 0.3) is 0 Å². The Labute approximate surface area is 167 Å². The number of nitrogens with one attached hydrogen (secondary N) is 1. The predicted octanol–water partition coefficient (Wildman–Crippen LogP) is -0.237. The topological polar surface area (TPSA) is 144 Å². The number of methoxy groups -OCH3 is 1. The van der Waals surface area contributed by atoms with E-state index in [1.54, 1.807) is 0 Å². The number of rotatable bonds is 8. The van der Waals surface area contributed by atoms with Crippen molar-refractivity contribution in [3.63, 3.8) is 0 Å². The van der Waals surface area contributed by atoms with E-state index in [1.807, 2.05) is 0 Å². The second kappa shape index (κ2) is 11.0. The molecule has 0 aromatic heterocycles. The van der Waals surface area contributed by atoms with Gasteiger partial charge in [-0.3, -0.25) is 19.2 Å². The smallest absolute Gasteiger partial charge is 0.373 e. The number of ether oxygens (including phenoxy) is 5. The van der Waals surface area contributed by atoms with E-state index >= 15 is 0 Å². The average molecular weight is 415 g/mol. The zero-order chi connectivity index (χ0) is 22.1. The zero-order valence-corrected chi connectivity index (χ0v) is 16.9. The molecule has 0 saturated carbocycles. The first-order chi connectivity index (χ1) is 13.5. The molecule has 11 heteroatoms. The molecule has 162 valence electrons. The van der Waals surface area contributed by atoms with Crippen LogP contribution < -0.4 is 5.32 Å². The van der Waals surface area contributed by atoms with Crippen molar-refractivity contribution in [3.8, 4) is 0 Å². The fourth-order valence-corrected chi connectivity index (χ4v) is 2.71. The molecular formula is C18H25NO10. The predicted molar refractivity (Wildman–Crippen MR) is 94.9 cm³/mol. The number of esters is 4. The molecule has 0 aromatic rings. The van der Waals surface area contributed by atoms with Crippen LogP contribution in [0.3, 0.4) is 0 Å². The normalized spacial score (nSPS) is 21.6. The number of hydrogen-bond acceptors (Lipinski definition) is 10. The van der Waals surface area contributed by atoms with Crippen molar-refractivity contribution in [3.05, 3.63) is 11.8 Å². The molecule has 0 radical (unpaired) electrons. The van der Waals surface area contributed by atoms with E-state index in [0.717, 1.165) is 7.11 Å². The Bertz CT molecular complexity index is 686. The zero-order valence-electron chi connectivity index (χ0n) is 16.9. The van der Waals surface area contributed by atoms with Gasteiger partial charge < -0.3 is 29.0 Å². The molecule has 1 amide bonds. The number of carbonyl (C=O) groups is 5. The molecule has 0 saturated heterocycles. The molecule has 0 aromatic carbocycles. The standard InChI is InChI=1S/C18H25NO10/c1-9(20)19-17-14(6-13(27-11(3)22)8-26-10(2)21)29-16(18(24)25-5)7-15(17)28-12(4)23/h7,13-15,17H,6,8H2,1-5H3,(H,19,20)/t13-,14-,15-,17-/m0/s1. The Kier molecular flexibility index (Phi) is 9.10. The molecule has 0 aliphatic carbocycles. The van der Waals surface area contributed by atoms with Gasteiger partial charge >= 0.3 is 23.9 Å². The van der Waals surface area contributed by atoms with E-state index in [-0.39, 0.29) is 18.8 Å². The van der Waals surface area contributed by atoms with Crippen molar-refractivity contribution < 1.29 is 47.7 Å². The van der Waals surface area contributed by atoms with Crippen LogP contribution in [0.1, 0.15) is 34.1 Å². The summed E-state index contributed by atoms with van der Waals surface area (Å²) in [6, 6.07) is -0.903. The van der Waals surface area contributed by atoms with Crippen LogP contribution in [-0.4, -0.2) is 67.9 Å². The summed E-state index contributed by atoms with van der Waals surface area (Å²) < 4.78 is 25.5. The maximum atomic E-state index is 12.0. The molecule has 0 spiro atoms. The molecule has 4 atom stereocenters. The van der Waals surface area contributed by atoms with E-state index in [9.17, 15) is 24.0 Å². The first-order valence-electron chi connectivity index (χ1n) is 8.75. The van der Waals surface area contributed by atoms with E-state index in [2.05, 4.69) is 10.1 Å². The van der Waals surface area contributed by atoms with Crippen LogP contribution in [0.15, 0.2) is 11.8 Å². The highest BCUT2D eigenvalue weighted by Gasteiger charge is 2.41. The van der Waals surface area contributed by atoms with E-state index in [0.29, 0.717) is 0 Å². The molecule has 1 rings (SSSR count). The molecule has 0 fully saturated rings. The fraction of sp³-hybridized carbons (Fsp3) is 0.611. The van der Waals surface area contributed by atoms with Crippen LogP contribution in [-0.2, 0) is 47.7 Å². The highest BCUT2D eigenvalue weighted by molar-refractivity contribution is 5.86. The van der Waals surface area contributed by atoms with Gasteiger partial charge in [0, 0.05) is 40.2 Å². The van der Waals surface area contributed by atoms with Crippen LogP contribution in [0.4, 0.5) is 0 Å². The van der Waals surface area contributed by atoms with Gasteiger partial charge in [0.15, 0.2) is 0 Å². The van der Waals surface area contributed by atoms with Gasteiger partial charge in [0.05, 0.1) is 7.11 Å². The maximum Gasteiger partial charge on any atom is 0.373 e. The second-order valence-electron chi connectivity index (χ2n) is 6.25. The minimum atomic E-state index is -1.05. The van der Waals surface area contributed by atoms with Gasteiger partial charge in [-0.05, 0) is 0 Å². The SMILES string of the molecule is COC(=O)C1=C[C@H](OC(C)=O)[C@@H](NC(C)=O)[C@H](C[C@@H](COC(C)=O)OC(C)=O)O1. The van der Waals surface area contributed by atoms with Gasteiger partial charge in [0.1, 0.15) is 31.0 Å². The molecule has 1 N–H and O–H groups in total. The summed E-state index contributed by atoms with van der Waals surface area (Å²) in [7, 11) is 1.14. The third-order valence-corrected chi connectivity index (χ3v) is 3.71. The van der Waals surface area contributed by atoms with Gasteiger partial charge in [-0.2, -0.15) is 0 Å². The molecular weight excluding hydrogens is 390 g/mol. The Morgan fingerprint density at radius 3 is 2.21 bits per heavy atom. The lowest BCUT2D eigenvalue weighted by atomic mass is 9.95. The third-order valence-electron chi connectivity index (χ3n) is 3.71. The molecule has 1 heterocycles. The van der Waals surface area contributed by atoms with Crippen molar-refractivity contribution in [2.75, 3.05) is 13.7 Å². The Morgan fingerprint density at radius 2 is 1.72 bits per heavy atom. The van der Waals surface area contributed by atoms with Gasteiger partial charge in [-0.1, -0.05) is 0 Å². The molecule has 29 heavy (non-hydrogen) atoms. The van der Waals surface area contributed by atoms with Gasteiger partial charge in [0.25, 0.3) is 0 Å². The largest absolute Gasteiger partial charge is 0.481 e. The number of carbonyl (C=O) groups excluding carboxylic acids is 5.